The smallest absolute Gasteiger partial charge is 0.365 e. The molecule has 1 amide bonds. The highest BCUT2D eigenvalue weighted by Gasteiger charge is 2.37. The van der Waals surface area contributed by atoms with Crippen LogP contribution in [0, 0.1) is 0 Å². The lowest BCUT2D eigenvalue weighted by molar-refractivity contribution is -0.137. The lowest BCUT2D eigenvalue weighted by Crippen LogP contribution is -2.14. The molecule has 0 aliphatic rings. The van der Waals surface area contributed by atoms with Gasteiger partial charge in [-0.2, -0.15) is 26.3 Å². The monoisotopic (exact) mass is 509 g/mol. The average molecular weight is 509 g/mol. The van der Waals surface area contributed by atoms with Crippen molar-refractivity contribution < 1.29 is 31.1 Å². The maximum atomic E-state index is 13.7. The SMILES string of the molecule is NC(=O)/C(=C/n1nc(-c2ccccc2C(F)(F)F)nc1-c1ccccc1C(F)(F)F)c1nccs1. The standard InChI is InChI=1S/C22H13F6N5OS/c23-21(24,25)15-7-3-1-5-12(15)18-31-19(13-6-2-4-8-16(13)22(26,27)28)33(32-18)11-14(17(29)34)20-30-9-10-35-20/h1-11H,(H2,29,34)/b14-11-. The molecule has 0 fully saturated rings. The Balaban J connectivity index is 2.02. The van der Waals surface area contributed by atoms with Crippen LogP contribution in [-0.2, 0) is 17.1 Å². The van der Waals surface area contributed by atoms with E-state index in [1.54, 1.807) is 5.38 Å². The lowest BCUT2D eigenvalue weighted by atomic mass is 10.1. The summed E-state index contributed by atoms with van der Waals surface area (Å²) in [6, 6.07) is 8.76. The molecule has 4 rings (SSSR count). The molecule has 0 saturated heterocycles. The number of primary amides is 1. The second-order valence-corrected chi connectivity index (χ2v) is 7.93. The van der Waals surface area contributed by atoms with Crippen LogP contribution in [0.15, 0.2) is 60.1 Å². The number of halogens is 6. The number of hydrogen-bond donors (Lipinski definition) is 1. The van der Waals surface area contributed by atoms with E-state index in [1.807, 2.05) is 0 Å². The molecule has 0 aliphatic heterocycles. The summed E-state index contributed by atoms with van der Waals surface area (Å²) in [5.41, 5.74) is 2.14. The van der Waals surface area contributed by atoms with Crippen LogP contribution >= 0.6 is 11.3 Å². The topological polar surface area (TPSA) is 86.7 Å². The van der Waals surface area contributed by atoms with Gasteiger partial charge in [0.15, 0.2) is 11.6 Å². The van der Waals surface area contributed by atoms with E-state index < -0.39 is 52.2 Å². The summed E-state index contributed by atoms with van der Waals surface area (Å²) in [6.45, 7) is 0. The van der Waals surface area contributed by atoms with E-state index in [-0.39, 0.29) is 10.6 Å². The van der Waals surface area contributed by atoms with Crippen LogP contribution in [0.4, 0.5) is 26.3 Å². The number of amides is 1. The van der Waals surface area contributed by atoms with Crippen molar-refractivity contribution in [3.8, 4) is 22.8 Å². The summed E-state index contributed by atoms with van der Waals surface area (Å²) in [4.78, 5) is 20.1. The summed E-state index contributed by atoms with van der Waals surface area (Å²) in [7, 11) is 0. The van der Waals surface area contributed by atoms with Gasteiger partial charge in [-0.3, -0.25) is 4.79 Å². The van der Waals surface area contributed by atoms with Crippen LogP contribution in [0.3, 0.4) is 0 Å². The van der Waals surface area contributed by atoms with Crippen LogP contribution in [0.25, 0.3) is 34.5 Å². The molecule has 2 aromatic carbocycles. The third-order valence-electron chi connectivity index (χ3n) is 4.76. The first-order valence-corrected chi connectivity index (χ1v) is 10.6. The maximum Gasteiger partial charge on any atom is 0.417 e. The summed E-state index contributed by atoms with van der Waals surface area (Å²) < 4.78 is 82.8. The van der Waals surface area contributed by atoms with Gasteiger partial charge in [0.25, 0.3) is 5.91 Å². The molecule has 0 unspecified atom stereocenters. The highest BCUT2D eigenvalue weighted by molar-refractivity contribution is 7.11. The Morgan fingerprint density at radius 1 is 0.914 bits per heavy atom. The number of nitrogens with zero attached hydrogens (tertiary/aromatic N) is 4. The second kappa shape index (κ2) is 8.98. The molecule has 180 valence electrons. The maximum absolute atomic E-state index is 13.7. The van der Waals surface area contributed by atoms with E-state index in [0.29, 0.717) is 0 Å². The number of hydrogen-bond acceptors (Lipinski definition) is 5. The molecule has 2 N–H and O–H groups in total. The Kier molecular flexibility index (Phi) is 6.19. The Morgan fingerprint density at radius 2 is 1.49 bits per heavy atom. The van der Waals surface area contributed by atoms with Gasteiger partial charge < -0.3 is 5.73 Å². The predicted molar refractivity (Wildman–Crippen MR) is 116 cm³/mol. The van der Waals surface area contributed by atoms with E-state index in [4.69, 9.17) is 5.73 Å². The average Bonchev–Trinajstić information content (AvgIpc) is 3.46. The normalized spacial score (nSPS) is 12.7. The minimum atomic E-state index is -4.80. The molecule has 13 heteroatoms. The Morgan fingerprint density at radius 3 is 2.03 bits per heavy atom. The first-order chi connectivity index (χ1) is 16.5. The van der Waals surface area contributed by atoms with Gasteiger partial charge in [0.2, 0.25) is 0 Å². The van der Waals surface area contributed by atoms with Crippen molar-refractivity contribution in [3.05, 3.63) is 76.2 Å². The van der Waals surface area contributed by atoms with Crippen molar-refractivity contribution in [3.63, 3.8) is 0 Å². The van der Waals surface area contributed by atoms with Gasteiger partial charge in [0, 0.05) is 28.9 Å². The van der Waals surface area contributed by atoms with Crippen LogP contribution in [0.2, 0.25) is 0 Å². The Labute approximate surface area is 197 Å². The molecule has 0 bridgehead atoms. The first-order valence-electron chi connectivity index (χ1n) is 9.68. The van der Waals surface area contributed by atoms with E-state index in [0.717, 1.165) is 58.6 Å². The lowest BCUT2D eigenvalue weighted by Gasteiger charge is -2.12. The molecule has 6 nitrogen and oxygen atoms in total. The number of benzene rings is 2. The van der Waals surface area contributed by atoms with Crippen LogP contribution in [-0.4, -0.2) is 25.7 Å². The van der Waals surface area contributed by atoms with E-state index in [1.165, 1.54) is 18.3 Å². The molecular weight excluding hydrogens is 496 g/mol. The van der Waals surface area contributed by atoms with Crippen molar-refractivity contribution in [2.45, 2.75) is 12.4 Å². The number of carbonyl (C=O) groups is 1. The zero-order valence-corrected chi connectivity index (χ0v) is 18.1. The number of nitrogens with two attached hydrogens (primary N) is 1. The summed E-state index contributed by atoms with van der Waals surface area (Å²) in [6.07, 6.45) is -7.20. The van der Waals surface area contributed by atoms with Crippen LogP contribution in [0.5, 0.6) is 0 Å². The highest BCUT2D eigenvalue weighted by Crippen LogP contribution is 2.39. The van der Waals surface area contributed by atoms with Gasteiger partial charge in [-0.25, -0.2) is 14.6 Å². The predicted octanol–water partition coefficient (Wildman–Crippen LogP) is 5.59. The van der Waals surface area contributed by atoms with Crippen molar-refractivity contribution in [1.82, 2.24) is 19.7 Å². The van der Waals surface area contributed by atoms with Gasteiger partial charge in [-0.15, -0.1) is 16.4 Å². The molecule has 0 atom stereocenters. The van der Waals surface area contributed by atoms with Crippen molar-refractivity contribution >= 4 is 29.0 Å². The third kappa shape index (κ3) is 4.94. The molecule has 0 saturated carbocycles. The molecule has 2 heterocycles. The third-order valence-corrected chi connectivity index (χ3v) is 5.56. The van der Waals surface area contributed by atoms with Crippen LogP contribution in [0.1, 0.15) is 16.1 Å². The van der Waals surface area contributed by atoms with E-state index in [2.05, 4.69) is 15.1 Å². The van der Waals surface area contributed by atoms with Crippen molar-refractivity contribution in [1.29, 1.82) is 0 Å². The summed E-state index contributed by atoms with van der Waals surface area (Å²) >= 11 is 1.03. The second-order valence-electron chi connectivity index (χ2n) is 7.03. The molecular formula is C22H13F6N5OS. The molecule has 4 aromatic rings. The van der Waals surface area contributed by atoms with Crippen molar-refractivity contribution in [2.24, 2.45) is 5.73 Å². The largest absolute Gasteiger partial charge is 0.417 e. The number of aromatic nitrogens is 4. The fourth-order valence-corrected chi connectivity index (χ4v) is 3.92. The van der Waals surface area contributed by atoms with Gasteiger partial charge >= 0.3 is 12.4 Å². The van der Waals surface area contributed by atoms with Gasteiger partial charge in [-0.05, 0) is 12.1 Å². The molecule has 0 spiro atoms. The minimum Gasteiger partial charge on any atom is -0.365 e. The summed E-state index contributed by atoms with van der Waals surface area (Å²) in [5, 5.41) is 5.70. The first kappa shape index (κ1) is 24.1. The summed E-state index contributed by atoms with van der Waals surface area (Å²) in [5.74, 6) is -1.91. The zero-order chi connectivity index (χ0) is 25.4. The van der Waals surface area contributed by atoms with Crippen molar-refractivity contribution in [2.75, 3.05) is 0 Å². The van der Waals surface area contributed by atoms with Gasteiger partial charge in [-0.1, -0.05) is 36.4 Å². The highest BCUT2D eigenvalue weighted by atomic mass is 32.1. The number of rotatable bonds is 5. The van der Waals surface area contributed by atoms with Crippen LogP contribution < -0.4 is 5.73 Å². The molecule has 0 aliphatic carbocycles. The fraction of sp³-hybridized carbons (Fsp3) is 0.0909. The van der Waals surface area contributed by atoms with Gasteiger partial charge in [0.05, 0.1) is 16.7 Å². The van der Waals surface area contributed by atoms with E-state index >= 15 is 0 Å². The Bertz CT molecular complexity index is 1410. The quantitative estimate of drug-likeness (QED) is 0.281. The fourth-order valence-electron chi connectivity index (χ4n) is 3.26. The molecule has 35 heavy (non-hydrogen) atoms. The van der Waals surface area contributed by atoms with E-state index in [9.17, 15) is 31.1 Å². The minimum absolute atomic E-state index is 0.139. The number of thiazole rings is 1. The van der Waals surface area contributed by atoms with Gasteiger partial charge in [0.1, 0.15) is 5.01 Å². The zero-order valence-electron chi connectivity index (χ0n) is 17.3. The number of carbonyl (C=O) groups excluding carboxylic acids is 1. The Hall–Kier alpha value is -4.00. The number of alkyl halides is 6. The molecule has 0 radical (unpaired) electrons. The molecule has 2 aromatic heterocycles.